The molecule has 0 atom stereocenters. The molecule has 0 aliphatic carbocycles. The molecule has 4 rings (SSSR count). The number of amides is 1. The molecular formula is C28H29F3N2O5. The fraction of sp³-hybridized carbons (Fsp3) is 0.357. The number of carbonyl (C=O) groups excluding carboxylic acids is 1. The first-order valence-electron chi connectivity index (χ1n) is 12.4. The minimum absolute atomic E-state index is 0.214. The Hall–Kier alpha value is -3.79. The van der Waals surface area contributed by atoms with Gasteiger partial charge in [-0.3, -0.25) is 0 Å². The second-order valence-corrected chi connectivity index (χ2v) is 8.73. The van der Waals surface area contributed by atoms with Gasteiger partial charge in [0.1, 0.15) is 24.3 Å². The summed E-state index contributed by atoms with van der Waals surface area (Å²) in [6.45, 7) is 2.88. The van der Waals surface area contributed by atoms with Gasteiger partial charge in [0.15, 0.2) is 0 Å². The van der Waals surface area contributed by atoms with Crippen molar-refractivity contribution in [3.63, 3.8) is 0 Å². The molecule has 1 amide bonds. The van der Waals surface area contributed by atoms with Crippen molar-refractivity contribution in [2.45, 2.75) is 32.0 Å². The monoisotopic (exact) mass is 530 g/mol. The number of morpholine rings is 1. The van der Waals surface area contributed by atoms with Crippen LogP contribution in [0, 0.1) is 0 Å². The molecule has 0 N–H and O–H groups in total. The van der Waals surface area contributed by atoms with Crippen molar-refractivity contribution in [2.75, 3.05) is 32.9 Å². The number of hydrogen-bond donors (Lipinski definition) is 0. The van der Waals surface area contributed by atoms with Crippen LogP contribution in [0.15, 0.2) is 59.2 Å². The maximum Gasteiger partial charge on any atom is 0.416 e. The molecule has 1 aliphatic rings. The van der Waals surface area contributed by atoms with E-state index in [9.17, 15) is 18.0 Å². The Labute approximate surface area is 218 Å². The molecule has 1 fully saturated rings. The lowest BCUT2D eigenvalue weighted by atomic mass is 10.1. The van der Waals surface area contributed by atoms with Crippen molar-refractivity contribution in [3.05, 3.63) is 83.1 Å². The van der Waals surface area contributed by atoms with Gasteiger partial charge in [-0.2, -0.15) is 13.2 Å². The van der Waals surface area contributed by atoms with E-state index in [0.29, 0.717) is 55.8 Å². The number of unbranched alkanes of at least 4 members (excludes halogenated alkanes) is 1. The zero-order chi connectivity index (χ0) is 26.8. The number of hydrogen-bond acceptors (Lipinski definition) is 6. The Balaban J connectivity index is 1.14. The summed E-state index contributed by atoms with van der Waals surface area (Å²) in [6, 6.07) is 12.6. The van der Waals surface area contributed by atoms with Gasteiger partial charge in [-0.25, -0.2) is 9.78 Å². The number of ether oxygens (including phenoxy) is 3. The van der Waals surface area contributed by atoms with Crippen molar-refractivity contribution < 1.29 is 36.6 Å². The van der Waals surface area contributed by atoms with Crippen LogP contribution in [0.1, 0.15) is 41.1 Å². The summed E-state index contributed by atoms with van der Waals surface area (Å²) >= 11 is 0. The van der Waals surface area contributed by atoms with Crippen LogP contribution in [0.5, 0.6) is 5.75 Å². The Morgan fingerprint density at radius 1 is 1.00 bits per heavy atom. The number of benzene rings is 2. The number of aryl methyl sites for hydroxylation is 1. The van der Waals surface area contributed by atoms with Gasteiger partial charge in [-0.1, -0.05) is 24.3 Å². The highest BCUT2D eigenvalue weighted by atomic mass is 19.4. The van der Waals surface area contributed by atoms with Gasteiger partial charge in [0, 0.05) is 19.2 Å². The normalized spacial score (nSPS) is 14.1. The summed E-state index contributed by atoms with van der Waals surface area (Å²) in [5.41, 5.74) is 1.66. The maximum atomic E-state index is 12.7. The Morgan fingerprint density at radius 2 is 1.74 bits per heavy atom. The second kappa shape index (κ2) is 13.1. The molecule has 3 aromatic rings. The van der Waals surface area contributed by atoms with Crippen LogP contribution in [0.2, 0.25) is 0 Å². The number of oxazole rings is 1. The molecule has 2 heterocycles. The Bertz CT molecular complexity index is 1180. The van der Waals surface area contributed by atoms with Gasteiger partial charge in [-0.15, -0.1) is 0 Å². The third-order valence-corrected chi connectivity index (χ3v) is 5.89. The van der Waals surface area contributed by atoms with Crippen LogP contribution in [-0.2, 0) is 28.7 Å². The Kier molecular flexibility index (Phi) is 9.42. The van der Waals surface area contributed by atoms with E-state index in [2.05, 4.69) is 4.98 Å². The van der Waals surface area contributed by atoms with Crippen molar-refractivity contribution in [3.8, 4) is 5.75 Å². The SMILES string of the molecule is O=C(OCCCCc1ccc(OCc2coc(/C=C/c3ccc(C(F)(F)F)cc3)n2)cc1)N1CCOCC1. The average Bonchev–Trinajstić information content (AvgIpc) is 3.39. The van der Waals surface area contributed by atoms with Crippen molar-refractivity contribution in [1.82, 2.24) is 9.88 Å². The van der Waals surface area contributed by atoms with Crippen molar-refractivity contribution in [1.29, 1.82) is 0 Å². The lowest BCUT2D eigenvalue weighted by Gasteiger charge is -2.25. The number of alkyl halides is 3. The molecule has 202 valence electrons. The van der Waals surface area contributed by atoms with Crippen LogP contribution in [-0.4, -0.2) is 48.9 Å². The molecule has 38 heavy (non-hydrogen) atoms. The van der Waals surface area contributed by atoms with Gasteiger partial charge < -0.3 is 23.5 Å². The highest BCUT2D eigenvalue weighted by Crippen LogP contribution is 2.29. The minimum Gasteiger partial charge on any atom is -0.487 e. The van der Waals surface area contributed by atoms with E-state index in [4.69, 9.17) is 18.6 Å². The first kappa shape index (κ1) is 27.3. The fourth-order valence-electron chi connectivity index (χ4n) is 3.75. The van der Waals surface area contributed by atoms with Gasteiger partial charge in [-0.05, 0) is 60.7 Å². The fourth-order valence-corrected chi connectivity index (χ4v) is 3.75. The summed E-state index contributed by atoms with van der Waals surface area (Å²) in [4.78, 5) is 17.9. The third-order valence-electron chi connectivity index (χ3n) is 5.89. The van der Waals surface area contributed by atoms with E-state index in [1.165, 1.54) is 18.4 Å². The number of nitrogens with zero attached hydrogens (tertiary/aromatic N) is 2. The molecule has 0 unspecified atom stereocenters. The van der Waals surface area contributed by atoms with Gasteiger partial charge in [0.2, 0.25) is 5.89 Å². The molecule has 0 bridgehead atoms. The summed E-state index contributed by atoms with van der Waals surface area (Å²) < 4.78 is 59.7. The van der Waals surface area contributed by atoms with Crippen LogP contribution in [0.25, 0.3) is 12.2 Å². The average molecular weight is 531 g/mol. The van der Waals surface area contributed by atoms with E-state index < -0.39 is 11.7 Å². The molecule has 0 saturated carbocycles. The van der Waals surface area contributed by atoms with Gasteiger partial charge in [0.05, 0.1) is 25.4 Å². The molecule has 7 nitrogen and oxygen atoms in total. The lowest BCUT2D eigenvalue weighted by molar-refractivity contribution is -0.137. The van der Waals surface area contributed by atoms with Crippen LogP contribution in [0.3, 0.4) is 0 Å². The van der Waals surface area contributed by atoms with Crippen LogP contribution < -0.4 is 4.74 Å². The first-order valence-corrected chi connectivity index (χ1v) is 12.4. The largest absolute Gasteiger partial charge is 0.487 e. The molecule has 10 heteroatoms. The second-order valence-electron chi connectivity index (χ2n) is 8.73. The van der Waals surface area contributed by atoms with E-state index in [-0.39, 0.29) is 12.7 Å². The smallest absolute Gasteiger partial charge is 0.416 e. The minimum atomic E-state index is -4.36. The number of rotatable bonds is 10. The molecule has 1 saturated heterocycles. The summed E-state index contributed by atoms with van der Waals surface area (Å²) in [5.74, 6) is 1.02. The van der Waals surface area contributed by atoms with Crippen LogP contribution in [0.4, 0.5) is 18.0 Å². The van der Waals surface area contributed by atoms with Crippen molar-refractivity contribution in [2.24, 2.45) is 0 Å². The lowest BCUT2D eigenvalue weighted by Crippen LogP contribution is -2.41. The maximum absolute atomic E-state index is 12.7. The number of aromatic nitrogens is 1. The highest BCUT2D eigenvalue weighted by molar-refractivity contribution is 5.67. The summed E-state index contributed by atoms with van der Waals surface area (Å²) in [6.07, 6.45) is 2.62. The molecule has 1 aromatic heterocycles. The standard InChI is InChI=1S/C28H29F3N2O5/c29-28(30,31)23-9-4-22(5-10-23)8-13-26-32-24(20-38-26)19-37-25-11-6-21(7-12-25)3-1-2-16-36-27(34)33-14-17-35-18-15-33/h4-13,20H,1-3,14-19H2/b13-8+. The zero-order valence-corrected chi connectivity index (χ0v) is 20.8. The Morgan fingerprint density at radius 3 is 2.45 bits per heavy atom. The molecule has 0 spiro atoms. The number of halogens is 3. The third kappa shape index (κ3) is 8.37. The first-order chi connectivity index (χ1) is 18.4. The van der Waals surface area contributed by atoms with Crippen LogP contribution >= 0.6 is 0 Å². The van der Waals surface area contributed by atoms with Gasteiger partial charge >= 0.3 is 12.3 Å². The summed E-state index contributed by atoms with van der Waals surface area (Å²) in [5, 5.41) is 0. The molecule has 1 aliphatic heterocycles. The van der Waals surface area contributed by atoms with E-state index >= 15 is 0 Å². The molecule has 0 radical (unpaired) electrons. The predicted octanol–water partition coefficient (Wildman–Crippen LogP) is 6.23. The number of carbonyl (C=O) groups is 1. The summed E-state index contributed by atoms with van der Waals surface area (Å²) in [7, 11) is 0. The topological polar surface area (TPSA) is 74.0 Å². The van der Waals surface area contributed by atoms with Crippen molar-refractivity contribution >= 4 is 18.2 Å². The molecular weight excluding hydrogens is 501 g/mol. The van der Waals surface area contributed by atoms with E-state index in [1.54, 1.807) is 17.1 Å². The zero-order valence-electron chi connectivity index (χ0n) is 20.8. The predicted molar refractivity (Wildman–Crippen MR) is 134 cm³/mol. The quantitative estimate of drug-likeness (QED) is 0.289. The highest BCUT2D eigenvalue weighted by Gasteiger charge is 2.29. The van der Waals surface area contributed by atoms with E-state index in [0.717, 1.165) is 37.0 Å². The van der Waals surface area contributed by atoms with Gasteiger partial charge in [0.25, 0.3) is 0 Å². The van der Waals surface area contributed by atoms with E-state index in [1.807, 2.05) is 24.3 Å². The molecule has 2 aromatic carbocycles.